The second-order valence-electron chi connectivity index (χ2n) is 4.74. The number of carbonyl (C=O) groups excluding carboxylic acids is 1. The summed E-state index contributed by atoms with van der Waals surface area (Å²) in [7, 11) is 1.78. The predicted octanol–water partition coefficient (Wildman–Crippen LogP) is 1.52. The van der Waals surface area contributed by atoms with Gasteiger partial charge in [0.1, 0.15) is 5.60 Å². The van der Waals surface area contributed by atoms with Crippen LogP contribution in [0.25, 0.3) is 6.08 Å². The van der Waals surface area contributed by atoms with E-state index in [2.05, 4.69) is 10.4 Å². The normalized spacial score (nSPS) is 14.3. The van der Waals surface area contributed by atoms with E-state index in [0.717, 1.165) is 4.88 Å². The van der Waals surface area contributed by atoms with E-state index in [4.69, 9.17) is 0 Å². The largest absolute Gasteiger partial charge is 0.383 e. The van der Waals surface area contributed by atoms with Crippen LogP contribution in [0.1, 0.15) is 17.4 Å². The van der Waals surface area contributed by atoms with Crippen LogP contribution in [0.5, 0.6) is 0 Å². The van der Waals surface area contributed by atoms with Gasteiger partial charge in [-0.1, -0.05) is 6.07 Å². The maximum absolute atomic E-state index is 11.7. The van der Waals surface area contributed by atoms with Crippen molar-refractivity contribution < 1.29 is 9.90 Å². The number of hydrogen-bond donors (Lipinski definition) is 2. The van der Waals surface area contributed by atoms with Crippen LogP contribution in [0.4, 0.5) is 0 Å². The van der Waals surface area contributed by atoms with Gasteiger partial charge in [-0.05, 0) is 24.4 Å². The summed E-state index contributed by atoms with van der Waals surface area (Å²) in [6.07, 6.45) is 6.53. The molecular formula is C14H17N3O2S. The fraction of sp³-hybridized carbons (Fsp3) is 0.286. The van der Waals surface area contributed by atoms with E-state index >= 15 is 0 Å². The lowest BCUT2D eigenvalue weighted by atomic mass is 10.00. The highest BCUT2D eigenvalue weighted by Gasteiger charge is 2.24. The first-order valence-corrected chi connectivity index (χ1v) is 7.06. The van der Waals surface area contributed by atoms with Crippen LogP contribution in [-0.4, -0.2) is 27.3 Å². The third kappa shape index (κ3) is 3.79. The highest BCUT2D eigenvalue weighted by molar-refractivity contribution is 7.10. The van der Waals surface area contributed by atoms with Gasteiger partial charge in [-0.25, -0.2) is 0 Å². The molecule has 0 bridgehead atoms. The van der Waals surface area contributed by atoms with Gasteiger partial charge in [0.2, 0.25) is 5.91 Å². The minimum atomic E-state index is -1.14. The Morgan fingerprint density at radius 2 is 2.45 bits per heavy atom. The third-order valence-electron chi connectivity index (χ3n) is 2.88. The van der Waals surface area contributed by atoms with Gasteiger partial charge >= 0.3 is 0 Å². The first kappa shape index (κ1) is 14.5. The van der Waals surface area contributed by atoms with Gasteiger partial charge in [0.05, 0.1) is 12.7 Å². The van der Waals surface area contributed by atoms with Gasteiger partial charge in [-0.15, -0.1) is 11.3 Å². The molecule has 6 heteroatoms. The molecule has 0 aliphatic rings. The Hall–Kier alpha value is -1.92. The molecule has 1 atom stereocenters. The maximum Gasteiger partial charge on any atom is 0.244 e. The summed E-state index contributed by atoms with van der Waals surface area (Å²) in [5, 5.41) is 19.0. The summed E-state index contributed by atoms with van der Waals surface area (Å²) in [6, 6.07) is 3.86. The van der Waals surface area contributed by atoms with Gasteiger partial charge in [-0.2, -0.15) is 5.10 Å². The molecule has 0 aromatic carbocycles. The number of aliphatic hydroxyl groups is 1. The van der Waals surface area contributed by atoms with E-state index in [1.165, 1.54) is 6.08 Å². The second-order valence-corrected chi connectivity index (χ2v) is 5.72. The quantitative estimate of drug-likeness (QED) is 0.821. The van der Waals surface area contributed by atoms with Gasteiger partial charge in [0, 0.05) is 29.8 Å². The lowest BCUT2D eigenvalue weighted by molar-refractivity contribution is -0.117. The zero-order valence-corrected chi connectivity index (χ0v) is 12.2. The Morgan fingerprint density at radius 1 is 1.65 bits per heavy atom. The molecule has 20 heavy (non-hydrogen) atoms. The number of amides is 1. The molecule has 0 spiro atoms. The van der Waals surface area contributed by atoms with E-state index in [1.807, 2.05) is 17.5 Å². The molecule has 2 rings (SSSR count). The standard InChI is InChI=1S/C14H17N3O2S/c1-14(19,11-8-16-17(2)9-11)10-15-13(18)6-5-12-4-3-7-20-12/h3-9,19H,10H2,1-2H3,(H,15,18). The monoisotopic (exact) mass is 291 g/mol. The van der Waals surface area contributed by atoms with Crippen LogP contribution in [0.2, 0.25) is 0 Å². The Balaban J connectivity index is 1.89. The molecule has 106 valence electrons. The number of hydrogen-bond acceptors (Lipinski definition) is 4. The van der Waals surface area contributed by atoms with Crippen LogP contribution in [-0.2, 0) is 17.4 Å². The molecule has 2 N–H and O–H groups in total. The Bertz CT molecular complexity index is 600. The molecule has 1 amide bonds. The van der Waals surface area contributed by atoms with Gasteiger partial charge in [-0.3, -0.25) is 9.48 Å². The molecule has 0 aliphatic carbocycles. The molecule has 1 unspecified atom stereocenters. The maximum atomic E-state index is 11.7. The highest BCUT2D eigenvalue weighted by Crippen LogP contribution is 2.18. The van der Waals surface area contributed by atoms with Crippen LogP contribution in [0, 0.1) is 0 Å². The highest BCUT2D eigenvalue weighted by atomic mass is 32.1. The molecule has 2 aromatic heterocycles. The predicted molar refractivity (Wildman–Crippen MR) is 79.1 cm³/mol. The zero-order valence-electron chi connectivity index (χ0n) is 11.4. The molecule has 0 saturated heterocycles. The van der Waals surface area contributed by atoms with Gasteiger partial charge < -0.3 is 10.4 Å². The summed E-state index contributed by atoms with van der Waals surface area (Å²) in [5.74, 6) is -0.234. The van der Waals surface area contributed by atoms with E-state index in [-0.39, 0.29) is 12.5 Å². The number of nitrogens with zero attached hydrogens (tertiary/aromatic N) is 2. The second kappa shape index (κ2) is 6.02. The smallest absolute Gasteiger partial charge is 0.244 e. The molecule has 2 heterocycles. The summed E-state index contributed by atoms with van der Waals surface area (Å²) >= 11 is 1.56. The Labute approximate surface area is 121 Å². The summed E-state index contributed by atoms with van der Waals surface area (Å²) < 4.78 is 1.61. The average molecular weight is 291 g/mol. The van der Waals surface area contributed by atoms with Gasteiger partial charge in [0.15, 0.2) is 0 Å². The number of rotatable bonds is 5. The number of thiophene rings is 1. The molecule has 5 nitrogen and oxygen atoms in total. The van der Waals surface area contributed by atoms with Crippen molar-refractivity contribution in [2.45, 2.75) is 12.5 Å². The van der Waals surface area contributed by atoms with E-state index < -0.39 is 5.60 Å². The molecule has 0 fully saturated rings. The first-order valence-electron chi connectivity index (χ1n) is 6.18. The first-order chi connectivity index (χ1) is 9.47. The lowest BCUT2D eigenvalue weighted by Crippen LogP contribution is -2.37. The Morgan fingerprint density at radius 3 is 3.05 bits per heavy atom. The number of aromatic nitrogens is 2. The molecule has 0 saturated carbocycles. The van der Waals surface area contributed by atoms with Crippen molar-refractivity contribution in [1.29, 1.82) is 0 Å². The Kier molecular flexibility index (Phi) is 4.36. The molecule has 0 radical (unpaired) electrons. The number of aryl methyl sites for hydroxylation is 1. The molecule has 0 aliphatic heterocycles. The SMILES string of the molecule is Cn1cc(C(C)(O)CNC(=O)C=Cc2cccs2)cn1. The van der Waals surface area contributed by atoms with E-state index in [0.29, 0.717) is 5.56 Å². The topological polar surface area (TPSA) is 67.2 Å². The average Bonchev–Trinajstić information content (AvgIpc) is 3.05. The minimum Gasteiger partial charge on any atom is -0.383 e. The van der Waals surface area contributed by atoms with Crippen LogP contribution in [0.15, 0.2) is 36.0 Å². The summed E-state index contributed by atoms with van der Waals surface area (Å²) in [4.78, 5) is 12.7. The summed E-state index contributed by atoms with van der Waals surface area (Å²) in [5.41, 5.74) is -0.469. The fourth-order valence-electron chi connectivity index (χ4n) is 1.66. The number of nitrogens with one attached hydrogen (secondary N) is 1. The van der Waals surface area contributed by atoms with Crippen molar-refractivity contribution in [3.8, 4) is 0 Å². The van der Waals surface area contributed by atoms with Crippen molar-refractivity contribution in [3.63, 3.8) is 0 Å². The fourth-order valence-corrected chi connectivity index (χ4v) is 2.28. The number of carbonyl (C=O) groups is 1. The third-order valence-corrected chi connectivity index (χ3v) is 3.71. The van der Waals surface area contributed by atoms with E-state index in [1.54, 1.807) is 48.5 Å². The minimum absolute atomic E-state index is 0.131. The van der Waals surface area contributed by atoms with Crippen LogP contribution < -0.4 is 5.32 Å². The van der Waals surface area contributed by atoms with Gasteiger partial charge in [0.25, 0.3) is 0 Å². The van der Waals surface area contributed by atoms with E-state index in [9.17, 15) is 9.90 Å². The van der Waals surface area contributed by atoms with Crippen molar-refractivity contribution >= 4 is 23.3 Å². The lowest BCUT2D eigenvalue weighted by Gasteiger charge is -2.21. The van der Waals surface area contributed by atoms with Crippen LogP contribution >= 0.6 is 11.3 Å². The van der Waals surface area contributed by atoms with Crippen molar-refractivity contribution in [3.05, 3.63) is 46.4 Å². The summed E-state index contributed by atoms with van der Waals surface area (Å²) in [6.45, 7) is 1.78. The van der Waals surface area contributed by atoms with Crippen molar-refractivity contribution in [1.82, 2.24) is 15.1 Å². The van der Waals surface area contributed by atoms with Crippen molar-refractivity contribution in [2.24, 2.45) is 7.05 Å². The zero-order chi connectivity index (χ0) is 14.6. The van der Waals surface area contributed by atoms with Crippen LogP contribution in [0.3, 0.4) is 0 Å². The molecular weight excluding hydrogens is 274 g/mol. The molecule has 2 aromatic rings. The van der Waals surface area contributed by atoms with Crippen molar-refractivity contribution in [2.75, 3.05) is 6.54 Å².